The van der Waals surface area contributed by atoms with E-state index >= 15 is 0 Å². The van der Waals surface area contributed by atoms with Gasteiger partial charge in [0, 0.05) is 0 Å². The molecule has 0 spiro atoms. The summed E-state index contributed by atoms with van der Waals surface area (Å²) in [7, 11) is 0. The molecule has 0 bridgehead atoms. The molecular weight excluding hydrogens is 276 g/mol. The summed E-state index contributed by atoms with van der Waals surface area (Å²) < 4.78 is 1.78. The van der Waals surface area contributed by atoms with E-state index in [0.29, 0.717) is 6.54 Å². The van der Waals surface area contributed by atoms with Crippen LogP contribution in [0.15, 0.2) is 60.7 Å². The lowest BCUT2D eigenvalue weighted by molar-refractivity contribution is 0.484. The summed E-state index contributed by atoms with van der Waals surface area (Å²) in [5.74, 6) is 6.45. The van der Waals surface area contributed by atoms with Crippen LogP contribution in [0.5, 0.6) is 0 Å². The summed E-state index contributed by atoms with van der Waals surface area (Å²) in [6.07, 6.45) is 0.729. The van der Waals surface area contributed by atoms with Crippen LogP contribution in [0.4, 0.5) is 0 Å². The van der Waals surface area contributed by atoms with Gasteiger partial charge in [-0.1, -0.05) is 60.7 Å². The van der Waals surface area contributed by atoms with Crippen molar-refractivity contribution in [3.63, 3.8) is 0 Å². The predicted molar refractivity (Wildman–Crippen MR) is 83.6 cm³/mol. The molecule has 6 nitrogen and oxygen atoms in total. The molecule has 0 aliphatic rings. The lowest BCUT2D eigenvalue weighted by atomic mass is 10.1. The molecule has 1 aromatic heterocycles. The summed E-state index contributed by atoms with van der Waals surface area (Å²) in [6, 6.07) is 20.1. The molecule has 3 N–H and O–H groups in total. The molecule has 0 radical (unpaired) electrons. The Kier molecular flexibility index (Phi) is 4.53. The van der Waals surface area contributed by atoms with Gasteiger partial charge in [0.05, 0.1) is 12.6 Å². The maximum atomic E-state index is 5.72. The first-order valence-electron chi connectivity index (χ1n) is 7.17. The van der Waals surface area contributed by atoms with Crippen molar-refractivity contribution in [3.8, 4) is 0 Å². The van der Waals surface area contributed by atoms with E-state index in [4.69, 9.17) is 5.84 Å². The highest BCUT2D eigenvalue weighted by molar-refractivity contribution is 5.18. The van der Waals surface area contributed by atoms with Crippen LogP contribution < -0.4 is 11.3 Å². The van der Waals surface area contributed by atoms with Crippen LogP contribution in [0.25, 0.3) is 0 Å². The quantitative estimate of drug-likeness (QED) is 0.531. The number of benzene rings is 2. The fourth-order valence-electron chi connectivity index (χ4n) is 2.40. The van der Waals surface area contributed by atoms with Crippen LogP contribution in [-0.4, -0.2) is 20.2 Å². The molecule has 0 aliphatic carbocycles. The summed E-state index contributed by atoms with van der Waals surface area (Å²) in [5.41, 5.74) is 5.14. The molecule has 0 saturated carbocycles. The molecule has 3 rings (SSSR count). The fourth-order valence-corrected chi connectivity index (χ4v) is 2.40. The van der Waals surface area contributed by atoms with Crippen LogP contribution in [0.3, 0.4) is 0 Å². The number of hydrogen-bond donors (Lipinski definition) is 2. The first-order valence-corrected chi connectivity index (χ1v) is 7.17. The van der Waals surface area contributed by atoms with Crippen molar-refractivity contribution in [1.29, 1.82) is 0 Å². The molecule has 2 aromatic carbocycles. The van der Waals surface area contributed by atoms with Crippen molar-refractivity contribution in [1.82, 2.24) is 25.6 Å². The standard InChI is InChI=1S/C16H18N6/c17-18-15(11-13-7-3-1-4-8-13)16-19-20-21-22(16)12-14-9-5-2-6-10-14/h1-10,15,18H,11-12,17H2. The molecule has 1 unspecified atom stereocenters. The van der Waals surface area contributed by atoms with Crippen molar-refractivity contribution >= 4 is 0 Å². The lowest BCUT2D eigenvalue weighted by Gasteiger charge is -2.15. The minimum Gasteiger partial charge on any atom is -0.271 e. The van der Waals surface area contributed by atoms with Crippen molar-refractivity contribution in [2.24, 2.45) is 5.84 Å². The van der Waals surface area contributed by atoms with E-state index in [2.05, 4.69) is 33.1 Å². The molecule has 22 heavy (non-hydrogen) atoms. The second-order valence-electron chi connectivity index (χ2n) is 5.09. The Labute approximate surface area is 128 Å². The highest BCUT2D eigenvalue weighted by Crippen LogP contribution is 2.16. The maximum absolute atomic E-state index is 5.72. The van der Waals surface area contributed by atoms with Crippen LogP contribution >= 0.6 is 0 Å². The molecule has 112 valence electrons. The van der Waals surface area contributed by atoms with Gasteiger partial charge in [-0.3, -0.25) is 5.84 Å². The highest BCUT2D eigenvalue weighted by Gasteiger charge is 2.18. The number of hydrazine groups is 1. The monoisotopic (exact) mass is 294 g/mol. The number of nitrogens with zero attached hydrogens (tertiary/aromatic N) is 4. The SMILES string of the molecule is NNC(Cc1ccccc1)c1nnnn1Cc1ccccc1. The van der Waals surface area contributed by atoms with Gasteiger partial charge in [-0.2, -0.15) is 0 Å². The van der Waals surface area contributed by atoms with E-state index < -0.39 is 0 Å². The normalized spacial score (nSPS) is 12.2. The van der Waals surface area contributed by atoms with Gasteiger partial charge in [-0.15, -0.1) is 5.10 Å². The van der Waals surface area contributed by atoms with E-state index in [-0.39, 0.29) is 6.04 Å². The Hall–Kier alpha value is -2.57. The van der Waals surface area contributed by atoms with Gasteiger partial charge >= 0.3 is 0 Å². The largest absolute Gasteiger partial charge is 0.271 e. The molecule has 0 saturated heterocycles. The number of aromatic nitrogens is 4. The molecule has 0 aliphatic heterocycles. The first-order chi connectivity index (χ1) is 10.9. The third-order valence-corrected chi connectivity index (χ3v) is 3.53. The summed E-state index contributed by atoms with van der Waals surface area (Å²) >= 11 is 0. The topological polar surface area (TPSA) is 81.7 Å². The van der Waals surface area contributed by atoms with Crippen LogP contribution in [0.1, 0.15) is 23.0 Å². The Morgan fingerprint density at radius 2 is 1.59 bits per heavy atom. The Morgan fingerprint density at radius 3 is 2.23 bits per heavy atom. The summed E-state index contributed by atoms with van der Waals surface area (Å²) in [6.45, 7) is 0.621. The molecule has 1 heterocycles. The van der Waals surface area contributed by atoms with Crippen LogP contribution in [0.2, 0.25) is 0 Å². The number of nitrogens with two attached hydrogens (primary N) is 1. The molecule has 6 heteroatoms. The van der Waals surface area contributed by atoms with Gasteiger partial charge in [0.25, 0.3) is 0 Å². The van der Waals surface area contributed by atoms with Crippen molar-refractivity contribution < 1.29 is 0 Å². The zero-order valence-electron chi connectivity index (χ0n) is 12.1. The third kappa shape index (κ3) is 3.36. The van der Waals surface area contributed by atoms with E-state index in [0.717, 1.165) is 17.8 Å². The molecule has 3 aromatic rings. The Morgan fingerprint density at radius 1 is 0.955 bits per heavy atom. The smallest absolute Gasteiger partial charge is 0.170 e. The average Bonchev–Trinajstić information content (AvgIpc) is 3.02. The minimum atomic E-state index is -0.138. The predicted octanol–water partition coefficient (Wildman–Crippen LogP) is 1.47. The zero-order valence-corrected chi connectivity index (χ0v) is 12.1. The number of tetrazole rings is 1. The van der Waals surface area contributed by atoms with Crippen LogP contribution in [0, 0.1) is 0 Å². The third-order valence-electron chi connectivity index (χ3n) is 3.53. The summed E-state index contributed by atoms with van der Waals surface area (Å²) in [4.78, 5) is 0. The lowest BCUT2D eigenvalue weighted by Crippen LogP contribution is -2.32. The molecule has 1 atom stereocenters. The van der Waals surface area contributed by atoms with E-state index in [1.54, 1.807) is 4.68 Å². The van der Waals surface area contributed by atoms with Crippen LogP contribution in [-0.2, 0) is 13.0 Å². The maximum Gasteiger partial charge on any atom is 0.170 e. The number of nitrogens with one attached hydrogen (secondary N) is 1. The van der Waals surface area contributed by atoms with Gasteiger partial charge in [0.1, 0.15) is 0 Å². The number of hydrogen-bond acceptors (Lipinski definition) is 5. The zero-order chi connectivity index (χ0) is 15.2. The summed E-state index contributed by atoms with van der Waals surface area (Å²) in [5, 5.41) is 12.0. The first kappa shape index (κ1) is 14.4. The Balaban J connectivity index is 1.80. The van der Waals surface area contributed by atoms with Gasteiger partial charge in [0.2, 0.25) is 0 Å². The van der Waals surface area contributed by atoms with Gasteiger partial charge in [-0.05, 0) is 28.0 Å². The Bertz CT molecular complexity index is 695. The van der Waals surface area contributed by atoms with Gasteiger partial charge in [-0.25, -0.2) is 10.1 Å². The van der Waals surface area contributed by atoms with Crippen molar-refractivity contribution in [2.45, 2.75) is 19.0 Å². The minimum absolute atomic E-state index is 0.138. The second kappa shape index (κ2) is 6.93. The number of rotatable bonds is 6. The van der Waals surface area contributed by atoms with E-state index in [1.165, 1.54) is 5.56 Å². The average molecular weight is 294 g/mol. The molecular formula is C16H18N6. The second-order valence-corrected chi connectivity index (χ2v) is 5.09. The van der Waals surface area contributed by atoms with Crippen molar-refractivity contribution in [2.75, 3.05) is 0 Å². The fraction of sp³-hybridized carbons (Fsp3) is 0.188. The highest BCUT2D eigenvalue weighted by atomic mass is 15.5. The molecule has 0 amide bonds. The van der Waals surface area contributed by atoms with Gasteiger partial charge < -0.3 is 0 Å². The van der Waals surface area contributed by atoms with E-state index in [9.17, 15) is 0 Å². The van der Waals surface area contributed by atoms with Gasteiger partial charge in [0.15, 0.2) is 5.82 Å². The van der Waals surface area contributed by atoms with Crippen molar-refractivity contribution in [3.05, 3.63) is 77.6 Å². The van der Waals surface area contributed by atoms with E-state index in [1.807, 2.05) is 48.5 Å². The molecule has 0 fully saturated rings.